The quantitative estimate of drug-likeness (QED) is 0.0860. The molecule has 2 saturated heterocycles. The number of aromatic amines is 1. The van der Waals surface area contributed by atoms with E-state index in [-0.39, 0.29) is 49.1 Å². The van der Waals surface area contributed by atoms with E-state index in [1.165, 1.54) is 32.2 Å². The lowest BCUT2D eigenvalue weighted by molar-refractivity contribution is -0.390. The molecule has 1 spiro atoms. The molecule has 302 valence electrons. The average Bonchev–Trinajstić information content (AvgIpc) is 3.75. The molecular weight excluding hydrogens is 730 g/mol. The van der Waals surface area contributed by atoms with E-state index in [0.29, 0.717) is 16.6 Å². The summed E-state index contributed by atoms with van der Waals surface area (Å²) in [5.74, 6) is -6.34. The second-order valence-electron chi connectivity index (χ2n) is 17.4. The minimum Gasteiger partial charge on any atom is -0.459 e. The summed E-state index contributed by atoms with van der Waals surface area (Å²) in [7, 11) is 0. The van der Waals surface area contributed by atoms with Crippen molar-refractivity contribution in [3.63, 3.8) is 0 Å². The lowest BCUT2D eigenvalue weighted by Gasteiger charge is -2.61. The van der Waals surface area contributed by atoms with Crippen LogP contribution in [-0.2, 0) is 30.2 Å². The first kappa shape index (κ1) is 38.5. The van der Waals surface area contributed by atoms with Crippen molar-refractivity contribution in [2.45, 2.75) is 120 Å². The third kappa shape index (κ3) is 3.99. The molecule has 6 bridgehead atoms. The van der Waals surface area contributed by atoms with Crippen LogP contribution >= 0.6 is 0 Å². The number of aryl methyl sites for hydroxylation is 1. The first-order valence-corrected chi connectivity index (χ1v) is 19.0. The van der Waals surface area contributed by atoms with Gasteiger partial charge in [-0.2, -0.15) is 0 Å². The Kier molecular flexibility index (Phi) is 8.01. The molecule has 16 nitrogen and oxygen atoms in total. The molecule has 16 heteroatoms. The number of H-pyrrole nitrogens is 1. The van der Waals surface area contributed by atoms with Crippen molar-refractivity contribution in [1.29, 1.82) is 0 Å². The number of amides is 1. The fourth-order valence-corrected chi connectivity index (χ4v) is 12.1. The Labute approximate surface area is 321 Å². The first-order chi connectivity index (χ1) is 26.1. The molecule has 11 atom stereocenters. The van der Waals surface area contributed by atoms with Crippen LogP contribution in [0.2, 0.25) is 0 Å². The van der Waals surface area contributed by atoms with Gasteiger partial charge in [-0.3, -0.25) is 9.59 Å². The number of carbonyl (C=O) groups is 3. The molecule has 1 aromatic carbocycles. The van der Waals surface area contributed by atoms with E-state index in [9.17, 15) is 44.7 Å². The topological polar surface area (TPSA) is 264 Å². The van der Waals surface area contributed by atoms with Crippen LogP contribution in [0.1, 0.15) is 81.9 Å². The predicted molar refractivity (Wildman–Crippen MR) is 195 cm³/mol. The molecule has 9 rings (SSSR count). The number of aromatic nitrogens is 1. The van der Waals surface area contributed by atoms with E-state index >= 15 is 0 Å². The fourth-order valence-electron chi connectivity index (χ4n) is 12.1. The number of carbonyl (C=O) groups excluding carboxylic acids is 3. The molecule has 9 N–H and O–H groups in total. The number of ether oxygens (including phenoxy) is 3. The Hall–Kier alpha value is -4.32. The van der Waals surface area contributed by atoms with Gasteiger partial charge in [-0.15, -0.1) is 0 Å². The van der Waals surface area contributed by atoms with Crippen molar-refractivity contribution < 1.29 is 58.5 Å². The highest BCUT2D eigenvalue weighted by molar-refractivity contribution is 5.88. The van der Waals surface area contributed by atoms with Gasteiger partial charge in [0.25, 0.3) is 0 Å². The van der Waals surface area contributed by atoms with Gasteiger partial charge in [0.2, 0.25) is 5.91 Å². The summed E-state index contributed by atoms with van der Waals surface area (Å²) in [5, 5.41) is 68.6. The van der Waals surface area contributed by atoms with Crippen LogP contribution < -0.4 is 16.7 Å². The number of hydrogen-bond acceptors (Lipinski definition) is 14. The highest BCUT2D eigenvalue weighted by Crippen LogP contribution is 2.90. The number of aliphatic hydroxyl groups is 5. The van der Waals surface area contributed by atoms with E-state index in [4.69, 9.17) is 24.4 Å². The van der Waals surface area contributed by atoms with Crippen molar-refractivity contribution in [1.82, 2.24) is 10.3 Å². The highest BCUT2D eigenvalue weighted by atomic mass is 16.7. The van der Waals surface area contributed by atoms with Crippen molar-refractivity contribution >= 4 is 34.5 Å². The van der Waals surface area contributed by atoms with E-state index in [1.54, 1.807) is 45.9 Å². The Morgan fingerprint density at radius 3 is 2.46 bits per heavy atom. The van der Waals surface area contributed by atoms with Gasteiger partial charge in [0.1, 0.15) is 39.8 Å². The molecule has 2 aliphatic heterocycles. The third-order valence-corrected chi connectivity index (χ3v) is 14.8. The number of nitrogens with two attached hydrogens (primary N) is 1. The molecule has 3 aromatic rings. The average molecular weight is 780 g/mol. The second-order valence-corrected chi connectivity index (χ2v) is 17.4. The van der Waals surface area contributed by atoms with Gasteiger partial charge in [-0.1, -0.05) is 27.7 Å². The zero-order valence-corrected chi connectivity index (χ0v) is 32.1. The van der Waals surface area contributed by atoms with E-state index in [2.05, 4.69) is 10.3 Å². The van der Waals surface area contributed by atoms with Crippen LogP contribution in [0, 0.1) is 29.6 Å². The summed E-state index contributed by atoms with van der Waals surface area (Å²) in [4.78, 5) is 55.8. The number of rotatable bonds is 9. The number of esters is 2. The van der Waals surface area contributed by atoms with Crippen LogP contribution in [0.15, 0.2) is 45.7 Å². The van der Waals surface area contributed by atoms with Gasteiger partial charge in [0.15, 0.2) is 17.5 Å². The summed E-state index contributed by atoms with van der Waals surface area (Å²) in [6.07, 6.45) is -2.96. The smallest absolute Gasteiger partial charge is 0.355 e. The first-order valence-electron chi connectivity index (χ1n) is 19.0. The van der Waals surface area contributed by atoms with Gasteiger partial charge in [-0.05, 0) is 68.4 Å². The van der Waals surface area contributed by atoms with Crippen LogP contribution in [0.5, 0.6) is 0 Å². The summed E-state index contributed by atoms with van der Waals surface area (Å²) in [5.41, 5.74) is -10.1. The molecule has 4 heterocycles. The van der Waals surface area contributed by atoms with Crippen molar-refractivity contribution in [3.8, 4) is 0 Å². The number of anilines is 1. The van der Waals surface area contributed by atoms with Crippen molar-refractivity contribution in [2.75, 3.05) is 12.3 Å². The SMILES string of the molecule is Cc1c(CC(=O)NCCC(=O)O[C@@H]2[C@H](C)CC[C@]3(O)[C@]4(C)CC5(O)O[C@]23[C@@]2(O)C5(C)[C@@](O)(C(C)C)[C@@H](OC(=O)c3ccc[nH]3)[C@@]42O)c(=O)oc2cc(N)ccc12. The molecule has 1 amide bonds. The number of nitrogen functional groups attached to an aromatic ring is 1. The predicted octanol–water partition coefficient (Wildman–Crippen LogP) is 1.11. The monoisotopic (exact) mass is 779 g/mol. The molecule has 0 radical (unpaired) electrons. The molecule has 2 unspecified atom stereocenters. The molecule has 56 heavy (non-hydrogen) atoms. The van der Waals surface area contributed by atoms with Gasteiger partial charge in [-0.25, -0.2) is 9.59 Å². The second kappa shape index (κ2) is 11.6. The number of hydrogen-bond donors (Lipinski definition) is 8. The maximum Gasteiger partial charge on any atom is 0.355 e. The summed E-state index contributed by atoms with van der Waals surface area (Å²) < 4.78 is 24.0. The summed E-state index contributed by atoms with van der Waals surface area (Å²) in [6, 6.07) is 7.86. The van der Waals surface area contributed by atoms with E-state index < -0.39 is 98.6 Å². The maximum absolute atomic E-state index is 13.7. The zero-order chi connectivity index (χ0) is 40.8. The summed E-state index contributed by atoms with van der Waals surface area (Å²) in [6.45, 7) is 9.18. The van der Waals surface area contributed by atoms with Gasteiger partial charge in [0.05, 0.1) is 23.8 Å². The normalized spacial score (nSPS) is 41.6. The van der Waals surface area contributed by atoms with Crippen LogP contribution in [-0.4, -0.2) is 101 Å². The number of benzene rings is 1. The number of fused-ring (bicyclic) bond motifs is 1. The molecule has 4 aliphatic carbocycles. The van der Waals surface area contributed by atoms with Crippen LogP contribution in [0.3, 0.4) is 0 Å². The molecule has 2 aromatic heterocycles. The van der Waals surface area contributed by atoms with E-state index in [1.807, 2.05) is 0 Å². The Bertz CT molecular complexity index is 2240. The lowest BCUT2D eigenvalue weighted by Crippen LogP contribution is -2.75. The molecule has 6 aliphatic rings. The third-order valence-electron chi connectivity index (χ3n) is 14.8. The maximum atomic E-state index is 13.7. The van der Waals surface area contributed by atoms with Gasteiger partial charge >= 0.3 is 17.6 Å². The van der Waals surface area contributed by atoms with Crippen molar-refractivity contribution in [2.24, 2.45) is 22.7 Å². The largest absolute Gasteiger partial charge is 0.459 e. The molecular formula is C40H49N3O13. The Balaban J connectivity index is 1.10. The Morgan fingerprint density at radius 1 is 1.09 bits per heavy atom. The van der Waals surface area contributed by atoms with Crippen molar-refractivity contribution in [3.05, 3.63) is 63.8 Å². The standard InChI is InChI=1S/C40H49N3O13/c1-19(2)37(50)32(55-31(47)25-8-7-14-42-25)38(51)33(5)18-36(49)34(37,6)40(38,52)39(56-36)29(20(3)11-13-35(33,39)48)54-28(45)12-15-43-27(44)17-24-21(4)23-10-9-22(41)16-26(23)53-30(24)46/h7-10,14,16,19-20,29,32,42,48-52H,11-13,15,17-18,41H2,1-6H3,(H,43,44)/t20-,29-,32-,33+,34?,35+,36?,37-,38-,39-,40-/m1/s1. The van der Waals surface area contributed by atoms with Gasteiger partial charge in [0, 0.05) is 41.7 Å². The van der Waals surface area contributed by atoms with Crippen LogP contribution in [0.4, 0.5) is 5.69 Å². The van der Waals surface area contributed by atoms with Crippen LogP contribution in [0.25, 0.3) is 11.0 Å². The molecule has 4 saturated carbocycles. The minimum atomic E-state index is -2.79. The Morgan fingerprint density at radius 2 is 1.80 bits per heavy atom. The highest BCUT2D eigenvalue weighted by Gasteiger charge is 3.10. The van der Waals surface area contributed by atoms with Gasteiger partial charge < -0.3 is 60.2 Å². The number of nitrogens with one attached hydrogen (secondary N) is 2. The molecule has 6 fully saturated rings. The van der Waals surface area contributed by atoms with E-state index in [0.717, 1.165) is 0 Å². The fraction of sp³-hybridized carbons (Fsp3) is 0.600. The lowest BCUT2D eigenvalue weighted by atomic mass is 9.52. The zero-order valence-electron chi connectivity index (χ0n) is 32.1. The summed E-state index contributed by atoms with van der Waals surface area (Å²) >= 11 is 0. The minimum absolute atomic E-state index is 0.000737.